The molecule has 3 aromatic rings. The molecule has 0 aliphatic rings. The largest absolute Gasteiger partial charge is 0.347 e. The number of carbonyl (C=O) groups is 1. The third kappa shape index (κ3) is 3.62. The van der Waals surface area contributed by atoms with Gasteiger partial charge in [0.2, 0.25) is 0 Å². The summed E-state index contributed by atoms with van der Waals surface area (Å²) in [6.45, 7) is 0.405. The van der Waals surface area contributed by atoms with Crippen molar-refractivity contribution < 1.29 is 4.79 Å². The minimum atomic E-state index is -0.201. The Hall–Kier alpha value is -2.97. The van der Waals surface area contributed by atoms with Gasteiger partial charge >= 0.3 is 0 Å². The molecular formula is C18H13N3OS. The van der Waals surface area contributed by atoms with Gasteiger partial charge in [0.05, 0.1) is 11.6 Å². The highest BCUT2D eigenvalue weighted by atomic mass is 32.1. The zero-order valence-corrected chi connectivity index (χ0v) is 13.0. The Morgan fingerprint density at radius 2 is 1.87 bits per heavy atom. The van der Waals surface area contributed by atoms with Crippen LogP contribution in [0.3, 0.4) is 0 Å². The van der Waals surface area contributed by atoms with Gasteiger partial charge < -0.3 is 5.32 Å². The van der Waals surface area contributed by atoms with Crippen LogP contribution in [0.5, 0.6) is 0 Å². The van der Waals surface area contributed by atoms with E-state index in [1.54, 1.807) is 17.5 Å². The van der Waals surface area contributed by atoms with Crippen LogP contribution in [0.4, 0.5) is 0 Å². The Morgan fingerprint density at radius 3 is 2.57 bits per heavy atom. The van der Waals surface area contributed by atoms with Crippen molar-refractivity contribution in [1.29, 1.82) is 5.26 Å². The van der Waals surface area contributed by atoms with Crippen molar-refractivity contribution in [3.05, 3.63) is 76.8 Å². The van der Waals surface area contributed by atoms with Gasteiger partial charge in [-0.25, -0.2) is 4.98 Å². The molecule has 0 bridgehead atoms. The molecule has 4 nitrogen and oxygen atoms in total. The summed E-state index contributed by atoms with van der Waals surface area (Å²) in [5.74, 6) is -0.201. The highest BCUT2D eigenvalue weighted by Gasteiger charge is 2.11. The lowest BCUT2D eigenvalue weighted by Gasteiger charge is -2.03. The van der Waals surface area contributed by atoms with E-state index >= 15 is 0 Å². The molecule has 0 aliphatic heterocycles. The maximum Gasteiger partial charge on any atom is 0.271 e. The minimum absolute atomic E-state index is 0.201. The number of amides is 1. The molecule has 3 rings (SSSR count). The zero-order valence-electron chi connectivity index (χ0n) is 12.2. The van der Waals surface area contributed by atoms with E-state index in [1.807, 2.05) is 42.5 Å². The number of nitrogens with zero attached hydrogens (tertiary/aromatic N) is 2. The van der Waals surface area contributed by atoms with Gasteiger partial charge in [-0.05, 0) is 17.7 Å². The average molecular weight is 319 g/mol. The number of hydrogen-bond donors (Lipinski definition) is 1. The standard InChI is InChI=1S/C18H13N3OS/c19-10-13-6-8-14(9-7-13)11-20-17(22)16-12-23-18(21-16)15-4-2-1-3-5-15/h1-9,12H,11H2,(H,20,22). The lowest BCUT2D eigenvalue weighted by molar-refractivity contribution is 0.0946. The third-order valence-electron chi connectivity index (χ3n) is 3.29. The fraction of sp³-hybridized carbons (Fsp3) is 0.0556. The summed E-state index contributed by atoms with van der Waals surface area (Å²) in [4.78, 5) is 16.5. The topological polar surface area (TPSA) is 65.8 Å². The van der Waals surface area contributed by atoms with Crippen LogP contribution in [0.15, 0.2) is 60.0 Å². The summed E-state index contributed by atoms with van der Waals surface area (Å²) in [5.41, 5.74) is 2.97. The van der Waals surface area contributed by atoms with Crippen molar-refractivity contribution >= 4 is 17.2 Å². The first kappa shape index (κ1) is 14.9. The van der Waals surface area contributed by atoms with Crippen LogP contribution in [0, 0.1) is 11.3 Å². The zero-order chi connectivity index (χ0) is 16.1. The summed E-state index contributed by atoms with van der Waals surface area (Å²) in [5, 5.41) is 14.2. The molecule has 0 fully saturated rings. The van der Waals surface area contributed by atoms with E-state index in [0.717, 1.165) is 16.1 Å². The fourth-order valence-electron chi connectivity index (χ4n) is 2.06. The second kappa shape index (κ2) is 6.86. The van der Waals surface area contributed by atoms with Crippen molar-refractivity contribution in [1.82, 2.24) is 10.3 Å². The maximum atomic E-state index is 12.2. The van der Waals surface area contributed by atoms with Crippen molar-refractivity contribution in [2.45, 2.75) is 6.54 Å². The van der Waals surface area contributed by atoms with Crippen molar-refractivity contribution in [2.75, 3.05) is 0 Å². The summed E-state index contributed by atoms with van der Waals surface area (Å²) in [6.07, 6.45) is 0. The van der Waals surface area contributed by atoms with Crippen molar-refractivity contribution in [3.8, 4) is 16.6 Å². The fourth-order valence-corrected chi connectivity index (χ4v) is 2.87. The Labute approximate surface area is 138 Å². The number of carbonyl (C=O) groups excluding carboxylic acids is 1. The highest BCUT2D eigenvalue weighted by Crippen LogP contribution is 2.23. The molecule has 0 atom stereocenters. The van der Waals surface area contributed by atoms with E-state index in [0.29, 0.717) is 17.8 Å². The summed E-state index contributed by atoms with van der Waals surface area (Å²) < 4.78 is 0. The highest BCUT2D eigenvalue weighted by molar-refractivity contribution is 7.13. The Kier molecular flexibility index (Phi) is 4.46. The maximum absolute atomic E-state index is 12.2. The molecule has 1 N–H and O–H groups in total. The molecular weight excluding hydrogens is 306 g/mol. The number of nitriles is 1. The molecule has 0 radical (unpaired) electrons. The second-order valence-corrected chi connectivity index (χ2v) is 5.75. The third-order valence-corrected chi connectivity index (χ3v) is 4.19. The number of aromatic nitrogens is 1. The molecule has 1 aromatic heterocycles. The molecule has 1 heterocycles. The summed E-state index contributed by atoms with van der Waals surface area (Å²) >= 11 is 1.45. The van der Waals surface area contributed by atoms with Gasteiger partial charge in [-0.15, -0.1) is 11.3 Å². The molecule has 23 heavy (non-hydrogen) atoms. The Bertz CT molecular complexity index is 848. The molecule has 0 aliphatic carbocycles. The summed E-state index contributed by atoms with van der Waals surface area (Å²) in [7, 11) is 0. The summed E-state index contributed by atoms with van der Waals surface area (Å²) in [6, 6.07) is 19.0. The number of benzene rings is 2. The van der Waals surface area contributed by atoms with Crippen molar-refractivity contribution in [2.24, 2.45) is 0 Å². The SMILES string of the molecule is N#Cc1ccc(CNC(=O)c2csc(-c3ccccc3)n2)cc1. The van der Waals surface area contributed by atoms with E-state index in [1.165, 1.54) is 11.3 Å². The van der Waals surface area contributed by atoms with E-state index in [9.17, 15) is 4.79 Å². The second-order valence-electron chi connectivity index (χ2n) is 4.90. The quantitative estimate of drug-likeness (QED) is 0.799. The number of hydrogen-bond acceptors (Lipinski definition) is 4. The van der Waals surface area contributed by atoms with Crippen LogP contribution in [0.1, 0.15) is 21.6 Å². The first-order valence-corrected chi connectivity index (χ1v) is 7.92. The Balaban J connectivity index is 1.64. The number of nitrogens with one attached hydrogen (secondary N) is 1. The lowest BCUT2D eigenvalue weighted by Crippen LogP contribution is -2.23. The van der Waals surface area contributed by atoms with Crippen LogP contribution < -0.4 is 5.32 Å². The molecule has 0 saturated carbocycles. The molecule has 1 amide bonds. The van der Waals surface area contributed by atoms with Gasteiger partial charge in [-0.1, -0.05) is 42.5 Å². The smallest absolute Gasteiger partial charge is 0.271 e. The molecule has 2 aromatic carbocycles. The predicted molar refractivity (Wildman–Crippen MR) is 89.9 cm³/mol. The first-order valence-electron chi connectivity index (χ1n) is 7.04. The van der Waals surface area contributed by atoms with Crippen LogP contribution in [0.2, 0.25) is 0 Å². The van der Waals surface area contributed by atoms with E-state index in [4.69, 9.17) is 5.26 Å². The van der Waals surface area contributed by atoms with Crippen LogP contribution >= 0.6 is 11.3 Å². The van der Waals surface area contributed by atoms with E-state index < -0.39 is 0 Å². The first-order chi connectivity index (χ1) is 11.3. The van der Waals surface area contributed by atoms with Gasteiger partial charge in [0.25, 0.3) is 5.91 Å². The van der Waals surface area contributed by atoms with Crippen LogP contribution in [-0.2, 0) is 6.54 Å². The molecule has 0 saturated heterocycles. The van der Waals surface area contributed by atoms with Gasteiger partial charge in [0, 0.05) is 17.5 Å². The van der Waals surface area contributed by atoms with Gasteiger partial charge in [0.1, 0.15) is 10.7 Å². The molecule has 5 heteroatoms. The monoisotopic (exact) mass is 319 g/mol. The van der Waals surface area contributed by atoms with Gasteiger partial charge in [-0.3, -0.25) is 4.79 Å². The van der Waals surface area contributed by atoms with Crippen LogP contribution in [-0.4, -0.2) is 10.9 Å². The van der Waals surface area contributed by atoms with Crippen LogP contribution in [0.25, 0.3) is 10.6 Å². The predicted octanol–water partition coefficient (Wildman–Crippen LogP) is 3.61. The number of rotatable bonds is 4. The van der Waals surface area contributed by atoms with E-state index in [-0.39, 0.29) is 5.91 Å². The average Bonchev–Trinajstić information content (AvgIpc) is 3.11. The van der Waals surface area contributed by atoms with E-state index in [2.05, 4.69) is 16.4 Å². The minimum Gasteiger partial charge on any atom is -0.347 e. The number of thiazole rings is 1. The van der Waals surface area contributed by atoms with Gasteiger partial charge in [0.15, 0.2) is 0 Å². The van der Waals surface area contributed by atoms with Crippen molar-refractivity contribution in [3.63, 3.8) is 0 Å². The molecule has 0 spiro atoms. The Morgan fingerprint density at radius 1 is 1.13 bits per heavy atom. The molecule has 0 unspecified atom stereocenters. The normalized spacial score (nSPS) is 10.0. The van der Waals surface area contributed by atoms with Gasteiger partial charge in [-0.2, -0.15) is 5.26 Å². The lowest BCUT2D eigenvalue weighted by atomic mass is 10.1. The molecule has 112 valence electrons.